The summed E-state index contributed by atoms with van der Waals surface area (Å²) in [5, 5.41) is 0. The Morgan fingerprint density at radius 2 is 2.20 bits per heavy atom. The molecule has 2 aromatic rings. The van der Waals surface area contributed by atoms with Gasteiger partial charge < -0.3 is 10.5 Å². The van der Waals surface area contributed by atoms with Crippen LogP contribution in [-0.4, -0.2) is 4.98 Å². The molecular weight excluding hydrogens is 248 g/mol. The molecule has 20 heavy (non-hydrogen) atoms. The van der Waals surface area contributed by atoms with E-state index < -0.39 is 0 Å². The molecule has 0 saturated carbocycles. The van der Waals surface area contributed by atoms with Crippen molar-refractivity contribution >= 4 is 0 Å². The third kappa shape index (κ3) is 2.83. The summed E-state index contributed by atoms with van der Waals surface area (Å²) in [7, 11) is 0. The van der Waals surface area contributed by atoms with Gasteiger partial charge in [-0.3, -0.25) is 4.98 Å². The molecule has 1 aliphatic carbocycles. The van der Waals surface area contributed by atoms with Crippen LogP contribution in [0, 0.1) is 6.92 Å². The van der Waals surface area contributed by atoms with Crippen molar-refractivity contribution in [1.29, 1.82) is 0 Å². The Bertz CT molecular complexity index is 610. The molecule has 3 nitrogen and oxygen atoms in total. The van der Waals surface area contributed by atoms with Crippen molar-refractivity contribution in [3.05, 3.63) is 58.9 Å². The number of hydrogen-bond acceptors (Lipinski definition) is 3. The van der Waals surface area contributed by atoms with Crippen molar-refractivity contribution in [2.75, 3.05) is 0 Å². The Hall–Kier alpha value is -1.87. The van der Waals surface area contributed by atoms with Crippen LogP contribution in [-0.2, 0) is 13.0 Å². The highest BCUT2D eigenvalue weighted by Gasteiger charge is 2.17. The van der Waals surface area contributed by atoms with Gasteiger partial charge >= 0.3 is 0 Å². The van der Waals surface area contributed by atoms with E-state index in [0.29, 0.717) is 6.61 Å². The summed E-state index contributed by atoms with van der Waals surface area (Å²) < 4.78 is 5.87. The number of benzene rings is 1. The summed E-state index contributed by atoms with van der Waals surface area (Å²) >= 11 is 0. The van der Waals surface area contributed by atoms with Crippen molar-refractivity contribution < 1.29 is 4.74 Å². The van der Waals surface area contributed by atoms with Crippen LogP contribution in [0.25, 0.3) is 0 Å². The van der Waals surface area contributed by atoms with Gasteiger partial charge in [-0.2, -0.15) is 0 Å². The molecule has 1 atom stereocenters. The van der Waals surface area contributed by atoms with Crippen LogP contribution < -0.4 is 10.5 Å². The lowest BCUT2D eigenvalue weighted by Crippen LogP contribution is -2.17. The third-order valence-electron chi connectivity index (χ3n) is 3.82. The topological polar surface area (TPSA) is 48.1 Å². The molecule has 0 fully saturated rings. The van der Waals surface area contributed by atoms with Crippen molar-refractivity contribution in [3.8, 4) is 5.75 Å². The maximum absolute atomic E-state index is 6.18. The summed E-state index contributed by atoms with van der Waals surface area (Å²) in [6, 6.07) is 8.54. The van der Waals surface area contributed by atoms with E-state index in [2.05, 4.69) is 23.2 Å². The zero-order valence-corrected chi connectivity index (χ0v) is 11.8. The quantitative estimate of drug-likeness (QED) is 0.929. The summed E-state index contributed by atoms with van der Waals surface area (Å²) in [6.45, 7) is 2.58. The minimum atomic E-state index is 0.155. The van der Waals surface area contributed by atoms with Gasteiger partial charge in [0.15, 0.2) is 0 Å². The van der Waals surface area contributed by atoms with Crippen molar-refractivity contribution in [1.82, 2.24) is 4.98 Å². The fourth-order valence-corrected chi connectivity index (χ4v) is 2.77. The van der Waals surface area contributed by atoms with Crippen LogP contribution in [0.15, 0.2) is 36.7 Å². The largest absolute Gasteiger partial charge is 0.489 e. The minimum absolute atomic E-state index is 0.155. The van der Waals surface area contributed by atoms with Crippen molar-refractivity contribution in [2.24, 2.45) is 5.73 Å². The fraction of sp³-hybridized carbons (Fsp3) is 0.353. The van der Waals surface area contributed by atoms with Gasteiger partial charge in [-0.15, -0.1) is 0 Å². The molecule has 1 aliphatic rings. The van der Waals surface area contributed by atoms with E-state index in [0.717, 1.165) is 29.7 Å². The van der Waals surface area contributed by atoms with Crippen LogP contribution in [0.3, 0.4) is 0 Å². The zero-order chi connectivity index (χ0) is 13.9. The maximum Gasteiger partial charge on any atom is 0.120 e. The van der Waals surface area contributed by atoms with Crippen LogP contribution in [0.2, 0.25) is 0 Å². The van der Waals surface area contributed by atoms with Gasteiger partial charge in [0.1, 0.15) is 12.4 Å². The van der Waals surface area contributed by atoms with Gasteiger partial charge in [-0.1, -0.05) is 6.07 Å². The Labute approximate surface area is 119 Å². The first-order valence-corrected chi connectivity index (χ1v) is 7.14. The number of aryl methyl sites for hydroxylation is 2. The molecule has 0 aliphatic heterocycles. The molecule has 1 aromatic carbocycles. The maximum atomic E-state index is 6.18. The molecule has 0 amide bonds. The zero-order valence-electron chi connectivity index (χ0n) is 11.8. The van der Waals surface area contributed by atoms with Crippen molar-refractivity contribution in [3.63, 3.8) is 0 Å². The Kier molecular flexibility index (Phi) is 3.70. The highest BCUT2D eigenvalue weighted by Crippen LogP contribution is 2.31. The van der Waals surface area contributed by atoms with Crippen LogP contribution >= 0.6 is 0 Å². The second-order valence-electron chi connectivity index (χ2n) is 5.52. The number of aromatic nitrogens is 1. The highest BCUT2D eigenvalue weighted by atomic mass is 16.5. The number of nitrogens with zero attached hydrogens (tertiary/aromatic N) is 1. The summed E-state index contributed by atoms with van der Waals surface area (Å²) in [5.74, 6) is 0.891. The lowest BCUT2D eigenvalue weighted by Gasteiger charge is -2.22. The molecule has 0 unspecified atom stereocenters. The normalized spacial score (nSPS) is 17.6. The van der Waals surface area contributed by atoms with Gasteiger partial charge in [0.25, 0.3) is 0 Å². The van der Waals surface area contributed by atoms with E-state index in [4.69, 9.17) is 10.5 Å². The molecule has 0 spiro atoms. The number of fused-ring (bicyclic) bond motifs is 1. The molecule has 3 rings (SSSR count). The van der Waals surface area contributed by atoms with Crippen LogP contribution in [0.5, 0.6) is 5.75 Å². The predicted molar refractivity (Wildman–Crippen MR) is 79.6 cm³/mol. The standard InChI is InChI=1S/C17H20N2O/c1-12-7-13(10-19-9-12)11-20-15-6-5-14-3-2-4-17(18)16(14)8-15/h5-10,17H,2-4,11,18H2,1H3/t17-/m1/s1. The molecule has 0 saturated heterocycles. The van der Waals surface area contributed by atoms with E-state index >= 15 is 0 Å². The number of pyridine rings is 1. The second-order valence-corrected chi connectivity index (χ2v) is 5.52. The molecular formula is C17H20N2O. The van der Waals surface area contributed by atoms with E-state index in [-0.39, 0.29) is 6.04 Å². The average molecular weight is 268 g/mol. The first-order valence-electron chi connectivity index (χ1n) is 7.14. The fourth-order valence-electron chi connectivity index (χ4n) is 2.77. The van der Waals surface area contributed by atoms with E-state index in [1.54, 1.807) is 0 Å². The molecule has 3 heteroatoms. The van der Waals surface area contributed by atoms with E-state index in [9.17, 15) is 0 Å². The smallest absolute Gasteiger partial charge is 0.120 e. The van der Waals surface area contributed by atoms with Gasteiger partial charge in [0.2, 0.25) is 0 Å². The predicted octanol–water partition coefficient (Wildman–Crippen LogP) is 3.31. The van der Waals surface area contributed by atoms with Crippen LogP contribution in [0.1, 0.15) is 41.1 Å². The average Bonchev–Trinajstić information content (AvgIpc) is 2.46. The third-order valence-corrected chi connectivity index (χ3v) is 3.82. The Morgan fingerprint density at radius 3 is 3.05 bits per heavy atom. The summed E-state index contributed by atoms with van der Waals surface area (Å²) in [5.41, 5.74) is 11.0. The lowest BCUT2D eigenvalue weighted by molar-refractivity contribution is 0.304. The van der Waals surface area contributed by atoms with Gasteiger partial charge in [-0.05, 0) is 61.1 Å². The summed E-state index contributed by atoms with van der Waals surface area (Å²) in [6.07, 6.45) is 7.07. The minimum Gasteiger partial charge on any atom is -0.489 e. The number of ether oxygens (including phenoxy) is 1. The highest BCUT2D eigenvalue weighted by molar-refractivity contribution is 5.39. The van der Waals surface area contributed by atoms with Gasteiger partial charge in [0, 0.05) is 24.0 Å². The molecule has 1 heterocycles. The summed E-state index contributed by atoms with van der Waals surface area (Å²) in [4.78, 5) is 4.18. The van der Waals surface area contributed by atoms with Gasteiger partial charge in [0.05, 0.1) is 0 Å². The van der Waals surface area contributed by atoms with E-state index in [1.807, 2.05) is 25.4 Å². The Balaban J connectivity index is 1.73. The Morgan fingerprint density at radius 1 is 1.30 bits per heavy atom. The number of rotatable bonds is 3. The molecule has 104 valence electrons. The van der Waals surface area contributed by atoms with Gasteiger partial charge in [-0.25, -0.2) is 0 Å². The first-order chi connectivity index (χ1) is 9.72. The SMILES string of the molecule is Cc1cncc(COc2ccc3c(c2)[C@H](N)CCC3)c1. The lowest BCUT2D eigenvalue weighted by atomic mass is 9.88. The molecule has 0 bridgehead atoms. The number of nitrogens with two attached hydrogens (primary N) is 1. The monoisotopic (exact) mass is 268 g/mol. The first kappa shape index (κ1) is 13.1. The van der Waals surface area contributed by atoms with E-state index in [1.165, 1.54) is 17.5 Å². The second kappa shape index (κ2) is 5.63. The number of hydrogen-bond donors (Lipinski definition) is 1. The van der Waals surface area contributed by atoms with Crippen molar-refractivity contribution in [2.45, 2.75) is 38.8 Å². The van der Waals surface area contributed by atoms with Crippen LogP contribution in [0.4, 0.5) is 0 Å². The molecule has 2 N–H and O–H groups in total. The molecule has 0 radical (unpaired) electrons. The molecule has 1 aromatic heterocycles.